The molecule has 0 atom stereocenters. The molecule has 140 valence electrons. The van der Waals surface area contributed by atoms with Crippen LogP contribution in [0.15, 0.2) is 48.5 Å². The molecule has 0 saturated heterocycles. The van der Waals surface area contributed by atoms with Crippen molar-refractivity contribution in [3.8, 4) is 5.75 Å². The first-order valence-corrected chi connectivity index (χ1v) is 8.00. The molecule has 0 aliphatic rings. The molecule has 8 nitrogen and oxygen atoms in total. The molecule has 27 heavy (non-hydrogen) atoms. The number of nitro benzene ring substituents is 1. The smallest absolute Gasteiger partial charge is 0.331 e. The van der Waals surface area contributed by atoms with Gasteiger partial charge in [-0.2, -0.15) is 0 Å². The molecular weight excluding hydrogens is 376 g/mol. The molecule has 2 aromatic rings. The number of ether oxygens (including phenoxy) is 2. The number of anilines is 1. The maximum absolute atomic E-state index is 11.9. The summed E-state index contributed by atoms with van der Waals surface area (Å²) in [5.41, 5.74) is 0.432. The van der Waals surface area contributed by atoms with Gasteiger partial charge in [-0.15, -0.1) is 0 Å². The lowest BCUT2D eigenvalue weighted by atomic mass is 10.1. The SMILES string of the molecule is COc1ccc(Cl)cc1NC(=O)COC(=O)/C=C/c1ccccc1[N+](=O)[O-]. The highest BCUT2D eigenvalue weighted by Gasteiger charge is 2.12. The molecule has 0 heterocycles. The average molecular weight is 391 g/mol. The Kier molecular flexibility index (Phi) is 6.90. The molecule has 0 radical (unpaired) electrons. The van der Waals surface area contributed by atoms with Crippen LogP contribution < -0.4 is 10.1 Å². The van der Waals surface area contributed by atoms with Crippen molar-refractivity contribution in [1.82, 2.24) is 0 Å². The predicted octanol–water partition coefficient (Wildman–Crippen LogP) is 3.45. The Morgan fingerprint density at radius 1 is 1.26 bits per heavy atom. The minimum atomic E-state index is -0.818. The third-order valence-corrected chi connectivity index (χ3v) is 3.55. The third kappa shape index (κ3) is 5.82. The van der Waals surface area contributed by atoms with Crippen molar-refractivity contribution in [3.63, 3.8) is 0 Å². The summed E-state index contributed by atoms with van der Waals surface area (Å²) in [5.74, 6) is -1.01. The summed E-state index contributed by atoms with van der Waals surface area (Å²) >= 11 is 5.87. The first-order valence-electron chi connectivity index (χ1n) is 7.62. The van der Waals surface area contributed by atoms with E-state index < -0.39 is 23.4 Å². The van der Waals surface area contributed by atoms with E-state index >= 15 is 0 Å². The highest BCUT2D eigenvalue weighted by molar-refractivity contribution is 6.31. The predicted molar refractivity (Wildman–Crippen MR) is 99.7 cm³/mol. The summed E-state index contributed by atoms with van der Waals surface area (Å²) in [7, 11) is 1.44. The van der Waals surface area contributed by atoms with Crippen LogP contribution in [0, 0.1) is 10.1 Å². The zero-order valence-corrected chi connectivity index (χ0v) is 14.9. The lowest BCUT2D eigenvalue weighted by molar-refractivity contribution is -0.385. The van der Waals surface area contributed by atoms with Crippen LogP contribution >= 0.6 is 11.6 Å². The van der Waals surface area contributed by atoms with E-state index in [1.165, 1.54) is 37.5 Å². The molecule has 0 unspecified atom stereocenters. The van der Waals surface area contributed by atoms with E-state index in [0.717, 1.165) is 6.08 Å². The van der Waals surface area contributed by atoms with Crippen molar-refractivity contribution >= 4 is 40.9 Å². The third-order valence-electron chi connectivity index (χ3n) is 3.31. The van der Waals surface area contributed by atoms with Gasteiger partial charge in [-0.3, -0.25) is 14.9 Å². The molecule has 0 aliphatic carbocycles. The Balaban J connectivity index is 1.93. The Bertz CT molecular complexity index is 897. The van der Waals surface area contributed by atoms with Gasteiger partial charge in [0.05, 0.1) is 23.3 Å². The number of esters is 1. The van der Waals surface area contributed by atoms with Crippen molar-refractivity contribution in [2.24, 2.45) is 0 Å². The summed E-state index contributed by atoms with van der Waals surface area (Å²) in [6.45, 7) is -0.546. The first-order chi connectivity index (χ1) is 12.9. The topological polar surface area (TPSA) is 108 Å². The van der Waals surface area contributed by atoms with Gasteiger partial charge in [0.25, 0.3) is 11.6 Å². The Hall–Kier alpha value is -3.39. The Morgan fingerprint density at radius 2 is 2.00 bits per heavy atom. The van der Waals surface area contributed by atoms with Gasteiger partial charge in [-0.05, 0) is 30.3 Å². The fourth-order valence-electron chi connectivity index (χ4n) is 2.10. The van der Waals surface area contributed by atoms with Crippen LogP contribution in [0.1, 0.15) is 5.56 Å². The highest BCUT2D eigenvalue weighted by atomic mass is 35.5. The number of hydrogen-bond acceptors (Lipinski definition) is 6. The summed E-state index contributed by atoms with van der Waals surface area (Å²) in [6.07, 6.45) is 2.26. The molecule has 0 fully saturated rings. The lowest BCUT2D eigenvalue weighted by Crippen LogP contribution is -2.20. The van der Waals surface area contributed by atoms with Crippen LogP contribution in [-0.2, 0) is 14.3 Å². The van der Waals surface area contributed by atoms with Crippen molar-refractivity contribution in [1.29, 1.82) is 0 Å². The number of rotatable bonds is 7. The molecule has 0 bridgehead atoms. The molecule has 0 saturated carbocycles. The van der Waals surface area contributed by atoms with Crippen molar-refractivity contribution < 1.29 is 24.0 Å². The Morgan fingerprint density at radius 3 is 2.70 bits per heavy atom. The van der Waals surface area contributed by atoms with Crippen LogP contribution in [0.4, 0.5) is 11.4 Å². The number of nitrogens with zero attached hydrogens (tertiary/aromatic N) is 1. The quantitative estimate of drug-likeness (QED) is 0.336. The number of benzene rings is 2. The minimum absolute atomic E-state index is 0.146. The van der Waals surface area contributed by atoms with Gasteiger partial charge in [0.1, 0.15) is 5.75 Å². The van der Waals surface area contributed by atoms with E-state index in [-0.39, 0.29) is 11.3 Å². The molecule has 1 amide bonds. The number of hydrogen-bond donors (Lipinski definition) is 1. The monoisotopic (exact) mass is 390 g/mol. The molecular formula is C18H15ClN2O6. The van der Waals surface area contributed by atoms with Crippen LogP contribution in [-0.4, -0.2) is 30.5 Å². The fraction of sp³-hybridized carbons (Fsp3) is 0.111. The summed E-state index contributed by atoms with van der Waals surface area (Å²) in [4.78, 5) is 34.0. The first kappa shape index (κ1) is 19.9. The fourth-order valence-corrected chi connectivity index (χ4v) is 2.27. The number of nitro groups is 1. The van der Waals surface area contributed by atoms with Gasteiger partial charge in [0.15, 0.2) is 6.61 Å². The van der Waals surface area contributed by atoms with E-state index in [2.05, 4.69) is 5.32 Å². The maximum Gasteiger partial charge on any atom is 0.331 e. The molecule has 0 aliphatic heterocycles. The normalized spacial score (nSPS) is 10.4. The number of halogens is 1. The number of nitrogens with one attached hydrogen (secondary N) is 1. The van der Waals surface area contributed by atoms with Gasteiger partial charge < -0.3 is 14.8 Å². The molecule has 2 rings (SSSR count). The van der Waals surface area contributed by atoms with E-state index in [0.29, 0.717) is 16.5 Å². The number of para-hydroxylation sites is 1. The van der Waals surface area contributed by atoms with Gasteiger partial charge >= 0.3 is 5.97 Å². The summed E-state index contributed by atoms with van der Waals surface area (Å²) in [6, 6.07) is 10.6. The van der Waals surface area contributed by atoms with Crippen LogP contribution in [0.3, 0.4) is 0 Å². The lowest BCUT2D eigenvalue weighted by Gasteiger charge is -2.10. The second kappa shape index (κ2) is 9.35. The van der Waals surface area contributed by atoms with Crippen LogP contribution in [0.5, 0.6) is 5.75 Å². The zero-order chi connectivity index (χ0) is 19.8. The number of carbonyl (C=O) groups is 2. The number of methoxy groups -OCH3 is 1. The van der Waals surface area contributed by atoms with E-state index in [1.54, 1.807) is 18.2 Å². The van der Waals surface area contributed by atoms with Gasteiger partial charge in [-0.25, -0.2) is 4.79 Å². The van der Waals surface area contributed by atoms with Crippen molar-refractivity contribution in [2.45, 2.75) is 0 Å². The highest BCUT2D eigenvalue weighted by Crippen LogP contribution is 2.27. The Labute approximate surface area is 159 Å². The van der Waals surface area contributed by atoms with Crippen molar-refractivity contribution in [3.05, 3.63) is 69.2 Å². The molecule has 0 spiro atoms. The van der Waals surface area contributed by atoms with Crippen LogP contribution in [0.25, 0.3) is 6.08 Å². The largest absolute Gasteiger partial charge is 0.495 e. The molecule has 1 N–H and O–H groups in total. The summed E-state index contributed by atoms with van der Waals surface area (Å²) in [5, 5.41) is 13.8. The molecule has 0 aromatic heterocycles. The second-order valence-corrected chi connectivity index (χ2v) is 5.59. The van der Waals surface area contributed by atoms with Gasteiger partial charge in [0, 0.05) is 17.2 Å². The second-order valence-electron chi connectivity index (χ2n) is 5.15. The van der Waals surface area contributed by atoms with Gasteiger partial charge in [0.2, 0.25) is 0 Å². The standard InChI is InChI=1S/C18H15ClN2O6/c1-26-16-8-7-13(19)10-14(16)20-17(22)11-27-18(23)9-6-12-4-2-3-5-15(12)21(24)25/h2-10H,11H2,1H3,(H,20,22)/b9-6+. The summed E-state index contributed by atoms with van der Waals surface area (Å²) < 4.78 is 9.92. The molecule has 9 heteroatoms. The maximum atomic E-state index is 11.9. The van der Waals surface area contributed by atoms with Gasteiger partial charge in [-0.1, -0.05) is 23.7 Å². The minimum Gasteiger partial charge on any atom is -0.495 e. The van der Waals surface area contributed by atoms with E-state index in [1.807, 2.05) is 0 Å². The number of carbonyl (C=O) groups excluding carboxylic acids is 2. The van der Waals surface area contributed by atoms with E-state index in [9.17, 15) is 19.7 Å². The average Bonchev–Trinajstić information content (AvgIpc) is 2.65. The van der Waals surface area contributed by atoms with E-state index in [4.69, 9.17) is 21.1 Å². The van der Waals surface area contributed by atoms with Crippen molar-refractivity contribution in [2.75, 3.05) is 19.0 Å². The number of amides is 1. The zero-order valence-electron chi connectivity index (χ0n) is 14.2. The molecule has 2 aromatic carbocycles. The van der Waals surface area contributed by atoms with Crippen LogP contribution in [0.2, 0.25) is 5.02 Å².